The SMILES string of the molecule is COC(=O)c1cc([N+](=O)[O-])ccc1NCc1ccccc1CN1CCOCC1. The van der Waals surface area contributed by atoms with Gasteiger partial charge in [-0.1, -0.05) is 24.3 Å². The topological polar surface area (TPSA) is 93.9 Å². The summed E-state index contributed by atoms with van der Waals surface area (Å²) in [5.41, 5.74) is 2.78. The molecule has 3 rings (SSSR count). The van der Waals surface area contributed by atoms with E-state index in [4.69, 9.17) is 9.47 Å². The van der Waals surface area contributed by atoms with Crippen LogP contribution in [-0.4, -0.2) is 49.2 Å². The molecule has 1 heterocycles. The van der Waals surface area contributed by atoms with Crippen molar-refractivity contribution in [3.63, 3.8) is 0 Å². The molecule has 2 aromatic carbocycles. The Morgan fingerprint density at radius 1 is 1.21 bits per heavy atom. The third-order valence-corrected chi connectivity index (χ3v) is 4.70. The second-order valence-electron chi connectivity index (χ2n) is 6.49. The molecule has 148 valence electrons. The van der Waals surface area contributed by atoms with E-state index in [-0.39, 0.29) is 11.3 Å². The predicted molar refractivity (Wildman–Crippen MR) is 104 cm³/mol. The van der Waals surface area contributed by atoms with Gasteiger partial charge in [-0.2, -0.15) is 0 Å². The van der Waals surface area contributed by atoms with E-state index >= 15 is 0 Å². The van der Waals surface area contributed by atoms with Crippen LogP contribution in [0.4, 0.5) is 11.4 Å². The van der Waals surface area contributed by atoms with Crippen LogP contribution < -0.4 is 5.32 Å². The summed E-state index contributed by atoms with van der Waals surface area (Å²) in [5.74, 6) is -0.618. The lowest BCUT2D eigenvalue weighted by Crippen LogP contribution is -2.35. The van der Waals surface area contributed by atoms with Crippen molar-refractivity contribution in [3.05, 3.63) is 69.3 Å². The van der Waals surface area contributed by atoms with Crippen molar-refractivity contribution in [1.29, 1.82) is 0 Å². The van der Waals surface area contributed by atoms with Crippen LogP contribution in [-0.2, 0) is 22.6 Å². The van der Waals surface area contributed by atoms with Gasteiger partial charge in [0.25, 0.3) is 5.69 Å². The number of esters is 1. The zero-order chi connectivity index (χ0) is 19.9. The molecule has 8 heteroatoms. The van der Waals surface area contributed by atoms with Gasteiger partial charge in [0.05, 0.1) is 30.8 Å². The average molecular weight is 385 g/mol. The number of anilines is 1. The van der Waals surface area contributed by atoms with E-state index in [1.165, 1.54) is 30.9 Å². The van der Waals surface area contributed by atoms with E-state index in [0.29, 0.717) is 12.2 Å². The average Bonchev–Trinajstić information content (AvgIpc) is 2.73. The van der Waals surface area contributed by atoms with Crippen molar-refractivity contribution in [1.82, 2.24) is 4.90 Å². The highest BCUT2D eigenvalue weighted by Gasteiger charge is 2.18. The summed E-state index contributed by atoms with van der Waals surface area (Å²) in [4.78, 5) is 24.9. The lowest BCUT2D eigenvalue weighted by Gasteiger charge is -2.27. The van der Waals surface area contributed by atoms with E-state index < -0.39 is 10.9 Å². The number of non-ortho nitro benzene ring substituents is 1. The van der Waals surface area contributed by atoms with E-state index in [2.05, 4.69) is 16.3 Å². The fourth-order valence-electron chi connectivity index (χ4n) is 3.15. The highest BCUT2D eigenvalue weighted by Crippen LogP contribution is 2.24. The summed E-state index contributed by atoms with van der Waals surface area (Å²) >= 11 is 0. The van der Waals surface area contributed by atoms with Gasteiger partial charge in [-0.15, -0.1) is 0 Å². The van der Waals surface area contributed by atoms with Gasteiger partial charge in [0.1, 0.15) is 0 Å². The monoisotopic (exact) mass is 385 g/mol. The lowest BCUT2D eigenvalue weighted by molar-refractivity contribution is -0.384. The van der Waals surface area contributed by atoms with Crippen molar-refractivity contribution < 1.29 is 19.2 Å². The molecule has 0 radical (unpaired) electrons. The number of ether oxygens (including phenoxy) is 2. The Balaban J connectivity index is 1.77. The summed E-state index contributed by atoms with van der Waals surface area (Å²) < 4.78 is 10.2. The molecule has 0 saturated carbocycles. The minimum absolute atomic E-state index is 0.141. The van der Waals surface area contributed by atoms with Crippen LogP contribution in [0.5, 0.6) is 0 Å². The highest BCUT2D eigenvalue weighted by atomic mass is 16.6. The van der Waals surface area contributed by atoms with Crippen LogP contribution >= 0.6 is 0 Å². The zero-order valence-electron chi connectivity index (χ0n) is 15.7. The van der Waals surface area contributed by atoms with Crippen molar-refractivity contribution in [2.24, 2.45) is 0 Å². The Hall–Kier alpha value is -2.97. The van der Waals surface area contributed by atoms with E-state index in [1.54, 1.807) is 0 Å². The summed E-state index contributed by atoms with van der Waals surface area (Å²) in [6.07, 6.45) is 0. The largest absolute Gasteiger partial charge is 0.465 e. The molecule has 0 amide bonds. The maximum Gasteiger partial charge on any atom is 0.340 e. The Morgan fingerprint density at radius 2 is 1.93 bits per heavy atom. The van der Waals surface area contributed by atoms with Crippen LogP contribution in [0.2, 0.25) is 0 Å². The first-order valence-corrected chi connectivity index (χ1v) is 9.06. The van der Waals surface area contributed by atoms with Crippen LogP contribution in [0.15, 0.2) is 42.5 Å². The number of nitro groups is 1. The first kappa shape index (κ1) is 19.8. The van der Waals surface area contributed by atoms with Gasteiger partial charge < -0.3 is 14.8 Å². The van der Waals surface area contributed by atoms with Gasteiger partial charge in [0.15, 0.2) is 0 Å². The summed E-state index contributed by atoms with van der Waals surface area (Å²) in [5, 5.41) is 14.2. The number of morpholine rings is 1. The van der Waals surface area contributed by atoms with Crippen LogP contribution in [0.1, 0.15) is 21.5 Å². The Kier molecular flexibility index (Phi) is 6.57. The van der Waals surface area contributed by atoms with Gasteiger partial charge in [-0.25, -0.2) is 4.79 Å². The molecular formula is C20H23N3O5. The molecule has 0 atom stereocenters. The van der Waals surface area contributed by atoms with E-state index in [1.807, 2.05) is 18.2 Å². The molecule has 0 spiro atoms. The molecule has 28 heavy (non-hydrogen) atoms. The first-order valence-electron chi connectivity index (χ1n) is 9.06. The van der Waals surface area contributed by atoms with Gasteiger partial charge in [0, 0.05) is 44.0 Å². The fraction of sp³-hybridized carbons (Fsp3) is 0.350. The summed E-state index contributed by atoms with van der Waals surface area (Å²) in [6, 6.07) is 12.2. The van der Waals surface area contributed by atoms with Crippen LogP contribution in [0.25, 0.3) is 0 Å². The second-order valence-corrected chi connectivity index (χ2v) is 6.49. The number of nitrogens with one attached hydrogen (secondary N) is 1. The fourth-order valence-corrected chi connectivity index (χ4v) is 3.15. The lowest BCUT2D eigenvalue weighted by atomic mass is 10.1. The maximum absolute atomic E-state index is 12.0. The van der Waals surface area contributed by atoms with Crippen molar-refractivity contribution >= 4 is 17.3 Å². The van der Waals surface area contributed by atoms with Crippen LogP contribution in [0.3, 0.4) is 0 Å². The van der Waals surface area contributed by atoms with Gasteiger partial charge in [-0.05, 0) is 17.2 Å². The molecule has 0 unspecified atom stereocenters. The van der Waals surface area contributed by atoms with Crippen molar-refractivity contribution in [2.45, 2.75) is 13.1 Å². The molecule has 1 aliphatic rings. The number of hydrogen-bond donors (Lipinski definition) is 1. The first-order chi connectivity index (χ1) is 13.6. The standard InChI is InChI=1S/C20H23N3O5/c1-27-20(24)18-12-17(23(25)26)6-7-19(18)21-13-15-4-2-3-5-16(15)14-22-8-10-28-11-9-22/h2-7,12,21H,8-11,13-14H2,1H3. The number of nitrogens with zero attached hydrogens (tertiary/aromatic N) is 2. The van der Waals surface area contributed by atoms with Gasteiger partial charge in [-0.3, -0.25) is 15.0 Å². The van der Waals surface area contributed by atoms with E-state index in [0.717, 1.165) is 38.4 Å². The molecular weight excluding hydrogens is 362 g/mol. The molecule has 0 aliphatic carbocycles. The molecule has 0 bridgehead atoms. The smallest absolute Gasteiger partial charge is 0.340 e. The number of benzene rings is 2. The van der Waals surface area contributed by atoms with Gasteiger partial charge in [0.2, 0.25) is 0 Å². The molecule has 1 fully saturated rings. The number of carbonyl (C=O) groups excluding carboxylic acids is 1. The van der Waals surface area contributed by atoms with E-state index in [9.17, 15) is 14.9 Å². The van der Waals surface area contributed by atoms with Gasteiger partial charge >= 0.3 is 5.97 Å². The van der Waals surface area contributed by atoms with Crippen molar-refractivity contribution in [2.75, 3.05) is 38.7 Å². The molecule has 1 saturated heterocycles. The maximum atomic E-state index is 12.0. The third kappa shape index (κ3) is 4.85. The summed E-state index contributed by atoms with van der Waals surface area (Å²) in [6.45, 7) is 4.60. The molecule has 2 aromatic rings. The molecule has 8 nitrogen and oxygen atoms in total. The second kappa shape index (κ2) is 9.29. The number of rotatable bonds is 7. The quantitative estimate of drug-likeness (QED) is 0.445. The number of methoxy groups -OCH3 is 1. The normalized spacial score (nSPS) is 14.5. The summed E-state index contributed by atoms with van der Waals surface area (Å²) in [7, 11) is 1.25. The molecule has 1 N–H and O–H groups in total. The van der Waals surface area contributed by atoms with Crippen LogP contribution in [0, 0.1) is 10.1 Å². The Bertz CT molecular complexity index is 849. The zero-order valence-corrected chi connectivity index (χ0v) is 15.7. The van der Waals surface area contributed by atoms with Crippen molar-refractivity contribution in [3.8, 4) is 0 Å². The molecule has 1 aliphatic heterocycles. The Labute approximate surface area is 163 Å². The Morgan fingerprint density at radius 3 is 2.61 bits per heavy atom. The number of carbonyl (C=O) groups is 1. The third-order valence-electron chi connectivity index (χ3n) is 4.70. The number of hydrogen-bond acceptors (Lipinski definition) is 7. The highest BCUT2D eigenvalue weighted by molar-refractivity contribution is 5.96. The predicted octanol–water partition coefficient (Wildman–Crippen LogP) is 2.83. The number of nitro benzene ring substituents is 1. The minimum atomic E-state index is -0.618. The molecule has 0 aromatic heterocycles. The minimum Gasteiger partial charge on any atom is -0.465 e.